The Balaban J connectivity index is 1.61. The number of nitrogens with zero attached hydrogens (tertiary/aromatic N) is 1. The van der Waals surface area contributed by atoms with Crippen molar-refractivity contribution >= 4 is 23.1 Å². The van der Waals surface area contributed by atoms with Crippen LogP contribution in [0.1, 0.15) is 64.0 Å². The van der Waals surface area contributed by atoms with Crippen LogP contribution in [0.2, 0.25) is 0 Å². The highest BCUT2D eigenvalue weighted by Gasteiger charge is 2.41. The first-order valence-electron chi connectivity index (χ1n) is 12.1. The summed E-state index contributed by atoms with van der Waals surface area (Å²) in [5.74, 6) is 0.182. The number of allylic oxidation sites excluding steroid dienone is 1. The summed E-state index contributed by atoms with van der Waals surface area (Å²) < 4.78 is 0. The second kappa shape index (κ2) is 8.69. The highest BCUT2D eigenvalue weighted by atomic mass is 16.2. The fraction of sp³-hybridized carbons (Fsp3) is 0.429. The van der Waals surface area contributed by atoms with Gasteiger partial charge in [-0.3, -0.25) is 9.59 Å². The van der Waals surface area contributed by atoms with Crippen molar-refractivity contribution in [1.29, 1.82) is 0 Å². The number of rotatable bonds is 4. The summed E-state index contributed by atoms with van der Waals surface area (Å²) in [4.78, 5) is 29.0. The van der Waals surface area contributed by atoms with Gasteiger partial charge in [0.2, 0.25) is 5.91 Å². The first kappa shape index (κ1) is 21.7. The van der Waals surface area contributed by atoms with Crippen LogP contribution in [0, 0.1) is 5.41 Å². The van der Waals surface area contributed by atoms with E-state index in [1.807, 2.05) is 36.4 Å². The van der Waals surface area contributed by atoms with Crippen molar-refractivity contribution in [3.05, 3.63) is 71.4 Å². The van der Waals surface area contributed by atoms with Crippen LogP contribution in [-0.2, 0) is 9.59 Å². The van der Waals surface area contributed by atoms with Gasteiger partial charge in [0.05, 0.1) is 24.0 Å². The van der Waals surface area contributed by atoms with Crippen molar-refractivity contribution in [2.45, 2.75) is 64.5 Å². The molecular formula is C28H33N3O2. The average Bonchev–Trinajstić information content (AvgIpc) is 3.24. The lowest BCUT2D eigenvalue weighted by molar-refractivity contribution is -0.121. The number of carbonyl (C=O) groups excluding carboxylic acids is 2. The van der Waals surface area contributed by atoms with E-state index >= 15 is 0 Å². The molecule has 0 spiro atoms. The Hall–Kier alpha value is -3.08. The first-order chi connectivity index (χ1) is 15.9. The Labute approximate surface area is 196 Å². The van der Waals surface area contributed by atoms with Crippen LogP contribution in [0.15, 0.2) is 65.9 Å². The summed E-state index contributed by atoms with van der Waals surface area (Å²) in [7, 11) is 0. The standard InChI is InChI=1S/C28H33N3O2/c1-28(2)16-22-26(24(32)17-28)27(19-10-4-3-5-11-19)31(23-15-9-8-14-21(23)30-22)18-25(33)29-20-12-6-7-13-20/h3-5,8-11,14-15,20,27,30H,6-7,12-13,16-18H2,1-2H3,(H,29,33)/t27-/m1/s1. The molecule has 5 nitrogen and oxygen atoms in total. The highest BCUT2D eigenvalue weighted by molar-refractivity contribution is 6.01. The van der Waals surface area contributed by atoms with Gasteiger partial charge in [0.25, 0.3) is 0 Å². The summed E-state index contributed by atoms with van der Waals surface area (Å²) >= 11 is 0. The lowest BCUT2D eigenvalue weighted by atomic mass is 9.73. The Morgan fingerprint density at radius 2 is 1.73 bits per heavy atom. The molecule has 2 aliphatic carbocycles. The Bertz CT molecular complexity index is 1080. The van der Waals surface area contributed by atoms with E-state index in [1.165, 1.54) is 12.8 Å². The number of nitrogens with one attached hydrogen (secondary N) is 2. The maximum absolute atomic E-state index is 13.6. The van der Waals surface area contributed by atoms with Gasteiger partial charge in [-0.15, -0.1) is 0 Å². The van der Waals surface area contributed by atoms with Crippen LogP contribution in [0.25, 0.3) is 0 Å². The fourth-order valence-corrected chi connectivity index (χ4v) is 5.71. The molecule has 1 saturated carbocycles. The Morgan fingerprint density at radius 3 is 2.48 bits per heavy atom. The molecule has 5 heteroatoms. The zero-order chi connectivity index (χ0) is 23.0. The zero-order valence-electron chi connectivity index (χ0n) is 19.6. The zero-order valence-corrected chi connectivity index (χ0v) is 19.6. The second-order valence-electron chi connectivity index (χ2n) is 10.5. The van der Waals surface area contributed by atoms with Crippen molar-refractivity contribution in [3.8, 4) is 0 Å². The van der Waals surface area contributed by atoms with Crippen molar-refractivity contribution < 1.29 is 9.59 Å². The van der Waals surface area contributed by atoms with Crippen LogP contribution in [0.4, 0.5) is 11.4 Å². The highest BCUT2D eigenvalue weighted by Crippen LogP contribution is 2.48. The van der Waals surface area contributed by atoms with Gasteiger partial charge in [-0.05, 0) is 42.4 Å². The van der Waals surface area contributed by atoms with Gasteiger partial charge < -0.3 is 15.5 Å². The molecule has 1 atom stereocenters. The van der Waals surface area contributed by atoms with Crippen molar-refractivity contribution in [2.24, 2.45) is 5.41 Å². The second-order valence-corrected chi connectivity index (χ2v) is 10.5. The van der Waals surface area contributed by atoms with E-state index in [0.29, 0.717) is 6.42 Å². The Morgan fingerprint density at radius 1 is 1.03 bits per heavy atom. The van der Waals surface area contributed by atoms with E-state index in [0.717, 1.165) is 47.5 Å². The summed E-state index contributed by atoms with van der Waals surface area (Å²) in [6.07, 6.45) is 5.76. The minimum absolute atomic E-state index is 0.0188. The van der Waals surface area contributed by atoms with Gasteiger partial charge in [0.1, 0.15) is 0 Å². The molecule has 172 valence electrons. The monoisotopic (exact) mass is 443 g/mol. The SMILES string of the molecule is CC1(C)CC(=O)C2=C(C1)Nc1ccccc1N(CC(=O)NC1CCCC1)[C@@H]2c1ccccc1. The summed E-state index contributed by atoms with van der Waals surface area (Å²) in [5.41, 5.74) is 4.61. The molecule has 33 heavy (non-hydrogen) atoms. The number of ketones is 1. The van der Waals surface area contributed by atoms with Gasteiger partial charge in [-0.25, -0.2) is 0 Å². The number of benzene rings is 2. The van der Waals surface area contributed by atoms with E-state index in [9.17, 15) is 9.59 Å². The van der Waals surface area contributed by atoms with Crippen molar-refractivity contribution in [2.75, 3.05) is 16.8 Å². The smallest absolute Gasteiger partial charge is 0.239 e. The van der Waals surface area contributed by atoms with Gasteiger partial charge in [0.15, 0.2) is 5.78 Å². The Kier molecular flexibility index (Phi) is 5.73. The molecule has 3 aliphatic rings. The van der Waals surface area contributed by atoms with E-state index in [-0.39, 0.29) is 35.7 Å². The molecule has 5 rings (SSSR count). The number of amides is 1. The van der Waals surface area contributed by atoms with E-state index in [1.54, 1.807) is 0 Å². The normalized spacial score (nSPS) is 22.3. The minimum atomic E-state index is -0.310. The van der Waals surface area contributed by atoms with E-state index in [4.69, 9.17) is 0 Å². The number of fused-ring (bicyclic) bond motifs is 1. The first-order valence-corrected chi connectivity index (χ1v) is 12.1. The molecule has 1 amide bonds. The van der Waals surface area contributed by atoms with Crippen molar-refractivity contribution in [1.82, 2.24) is 5.32 Å². The quantitative estimate of drug-likeness (QED) is 0.668. The topological polar surface area (TPSA) is 61.4 Å². The molecule has 0 saturated heterocycles. The van der Waals surface area contributed by atoms with Crippen LogP contribution < -0.4 is 15.5 Å². The van der Waals surface area contributed by atoms with Gasteiger partial charge in [-0.1, -0.05) is 69.2 Å². The molecule has 0 unspecified atom stereocenters. The summed E-state index contributed by atoms with van der Waals surface area (Å²) in [5, 5.41) is 6.85. The number of Topliss-reactive ketones (excluding diaryl/α,β-unsaturated/α-hetero) is 1. The molecule has 0 radical (unpaired) electrons. The van der Waals surface area contributed by atoms with Gasteiger partial charge in [0, 0.05) is 23.7 Å². The summed E-state index contributed by atoms with van der Waals surface area (Å²) in [6, 6.07) is 18.2. The maximum atomic E-state index is 13.6. The molecule has 0 bridgehead atoms. The predicted octanol–water partition coefficient (Wildman–Crippen LogP) is 5.36. The molecule has 1 aliphatic heterocycles. The van der Waals surface area contributed by atoms with Gasteiger partial charge in [-0.2, -0.15) is 0 Å². The predicted molar refractivity (Wildman–Crippen MR) is 132 cm³/mol. The maximum Gasteiger partial charge on any atom is 0.239 e. The number of para-hydroxylation sites is 2. The van der Waals surface area contributed by atoms with Crippen molar-refractivity contribution in [3.63, 3.8) is 0 Å². The number of carbonyl (C=O) groups is 2. The molecule has 2 aromatic rings. The molecule has 1 heterocycles. The van der Waals surface area contributed by atoms with E-state index < -0.39 is 0 Å². The summed E-state index contributed by atoms with van der Waals surface area (Å²) in [6.45, 7) is 4.51. The molecule has 2 N–H and O–H groups in total. The number of anilines is 2. The van der Waals surface area contributed by atoms with E-state index in [2.05, 4.69) is 47.6 Å². The lowest BCUT2D eigenvalue weighted by Gasteiger charge is -2.38. The lowest BCUT2D eigenvalue weighted by Crippen LogP contribution is -2.44. The molecular weight excluding hydrogens is 410 g/mol. The third kappa shape index (κ3) is 4.41. The molecule has 1 fully saturated rings. The molecule has 0 aromatic heterocycles. The van der Waals surface area contributed by atoms with Crippen LogP contribution in [-0.4, -0.2) is 24.3 Å². The number of hydrogen-bond donors (Lipinski definition) is 2. The third-order valence-corrected chi connectivity index (χ3v) is 7.15. The largest absolute Gasteiger partial charge is 0.357 e. The van der Waals surface area contributed by atoms with Crippen LogP contribution in [0.3, 0.4) is 0 Å². The van der Waals surface area contributed by atoms with Crippen LogP contribution >= 0.6 is 0 Å². The number of hydrogen-bond acceptors (Lipinski definition) is 4. The fourth-order valence-electron chi connectivity index (χ4n) is 5.71. The van der Waals surface area contributed by atoms with Gasteiger partial charge >= 0.3 is 0 Å². The average molecular weight is 444 g/mol. The minimum Gasteiger partial charge on any atom is -0.357 e. The van der Waals surface area contributed by atoms with Crippen LogP contribution in [0.5, 0.6) is 0 Å². The molecule has 2 aromatic carbocycles. The third-order valence-electron chi connectivity index (χ3n) is 7.15.